The van der Waals surface area contributed by atoms with Crippen LogP contribution in [0.1, 0.15) is 16.2 Å². The standard InChI is InChI=1S/C14H11N3O3/c1-7-15-12-9(14(19)20)6-10(17-13(12)16-7)8-4-2-3-5-11(8)18/h2-6,18H,1H3,(H,19,20)(H,15,16,17). The molecule has 0 saturated heterocycles. The Balaban J connectivity index is 2.33. The monoisotopic (exact) mass is 269 g/mol. The molecule has 0 spiro atoms. The lowest BCUT2D eigenvalue weighted by Gasteiger charge is -2.05. The summed E-state index contributed by atoms with van der Waals surface area (Å²) in [5.41, 5.74) is 1.63. The molecular weight excluding hydrogens is 258 g/mol. The number of benzene rings is 1. The van der Waals surface area contributed by atoms with Gasteiger partial charge in [0.15, 0.2) is 5.65 Å². The maximum atomic E-state index is 11.4. The Kier molecular flexibility index (Phi) is 2.64. The number of pyridine rings is 1. The summed E-state index contributed by atoms with van der Waals surface area (Å²) in [5, 5.41) is 19.1. The number of para-hydroxylation sites is 1. The van der Waals surface area contributed by atoms with E-state index in [1.54, 1.807) is 25.1 Å². The van der Waals surface area contributed by atoms with E-state index in [2.05, 4.69) is 15.0 Å². The Labute approximate surface area is 113 Å². The van der Waals surface area contributed by atoms with Crippen LogP contribution in [0.25, 0.3) is 22.4 Å². The summed E-state index contributed by atoms with van der Waals surface area (Å²) >= 11 is 0. The molecule has 0 bridgehead atoms. The highest BCUT2D eigenvalue weighted by Gasteiger charge is 2.16. The van der Waals surface area contributed by atoms with Gasteiger partial charge in [-0.1, -0.05) is 12.1 Å². The Hall–Kier alpha value is -2.89. The van der Waals surface area contributed by atoms with E-state index in [9.17, 15) is 15.0 Å². The van der Waals surface area contributed by atoms with Crippen LogP contribution >= 0.6 is 0 Å². The molecule has 0 unspecified atom stereocenters. The number of carboxylic acids is 1. The topological polar surface area (TPSA) is 99.1 Å². The predicted molar refractivity (Wildman–Crippen MR) is 72.7 cm³/mol. The van der Waals surface area contributed by atoms with Gasteiger partial charge in [0.2, 0.25) is 0 Å². The molecule has 0 atom stereocenters. The van der Waals surface area contributed by atoms with Gasteiger partial charge in [-0.2, -0.15) is 0 Å². The molecule has 0 aliphatic rings. The first-order chi connectivity index (χ1) is 9.56. The lowest BCUT2D eigenvalue weighted by atomic mass is 10.1. The molecular formula is C14H11N3O3. The molecule has 3 rings (SSSR count). The van der Waals surface area contributed by atoms with Crippen molar-refractivity contribution in [3.63, 3.8) is 0 Å². The molecule has 0 aliphatic carbocycles. The van der Waals surface area contributed by atoms with Gasteiger partial charge in [-0.05, 0) is 25.1 Å². The summed E-state index contributed by atoms with van der Waals surface area (Å²) in [5.74, 6) is -0.440. The first-order valence-electron chi connectivity index (χ1n) is 5.95. The number of aromatic hydroxyl groups is 1. The van der Waals surface area contributed by atoms with Crippen LogP contribution < -0.4 is 0 Å². The number of nitrogens with one attached hydrogen (secondary N) is 1. The smallest absolute Gasteiger partial charge is 0.338 e. The van der Waals surface area contributed by atoms with Gasteiger partial charge in [0.05, 0.1) is 16.8 Å². The van der Waals surface area contributed by atoms with Crippen molar-refractivity contribution in [2.45, 2.75) is 6.92 Å². The zero-order chi connectivity index (χ0) is 14.3. The first kappa shape index (κ1) is 12.2. The Bertz CT molecular complexity index is 824. The van der Waals surface area contributed by atoms with Crippen LogP contribution in [-0.4, -0.2) is 31.1 Å². The van der Waals surface area contributed by atoms with Gasteiger partial charge in [-0.3, -0.25) is 0 Å². The van der Waals surface area contributed by atoms with Gasteiger partial charge in [-0.25, -0.2) is 14.8 Å². The van der Waals surface area contributed by atoms with Gasteiger partial charge >= 0.3 is 5.97 Å². The lowest BCUT2D eigenvalue weighted by molar-refractivity contribution is 0.0699. The Morgan fingerprint density at radius 3 is 2.70 bits per heavy atom. The molecule has 1 aromatic carbocycles. The molecule has 2 heterocycles. The van der Waals surface area contributed by atoms with E-state index in [0.29, 0.717) is 28.2 Å². The molecule has 6 nitrogen and oxygen atoms in total. The number of aryl methyl sites for hydroxylation is 1. The number of H-pyrrole nitrogens is 1. The fraction of sp³-hybridized carbons (Fsp3) is 0.0714. The number of aromatic nitrogens is 3. The van der Waals surface area contributed by atoms with Crippen LogP contribution in [-0.2, 0) is 0 Å². The number of carbonyl (C=O) groups is 1. The van der Waals surface area contributed by atoms with Crippen LogP contribution in [0.3, 0.4) is 0 Å². The van der Waals surface area contributed by atoms with E-state index < -0.39 is 5.97 Å². The fourth-order valence-electron chi connectivity index (χ4n) is 2.10. The van der Waals surface area contributed by atoms with Crippen LogP contribution in [0.15, 0.2) is 30.3 Å². The van der Waals surface area contributed by atoms with E-state index in [0.717, 1.165) is 0 Å². The molecule has 2 aromatic heterocycles. The summed E-state index contributed by atoms with van der Waals surface area (Å²) in [4.78, 5) is 22.7. The van der Waals surface area contributed by atoms with Crippen molar-refractivity contribution in [3.05, 3.63) is 41.7 Å². The van der Waals surface area contributed by atoms with Crippen molar-refractivity contribution < 1.29 is 15.0 Å². The summed E-state index contributed by atoms with van der Waals surface area (Å²) in [6.07, 6.45) is 0. The average Bonchev–Trinajstić information content (AvgIpc) is 2.77. The van der Waals surface area contributed by atoms with Crippen LogP contribution in [0.5, 0.6) is 5.75 Å². The van der Waals surface area contributed by atoms with E-state index in [-0.39, 0.29) is 11.3 Å². The third-order valence-corrected chi connectivity index (χ3v) is 2.99. The van der Waals surface area contributed by atoms with E-state index >= 15 is 0 Å². The summed E-state index contributed by atoms with van der Waals surface area (Å²) in [6, 6.07) is 8.06. The highest BCUT2D eigenvalue weighted by Crippen LogP contribution is 2.29. The fourth-order valence-corrected chi connectivity index (χ4v) is 2.10. The van der Waals surface area contributed by atoms with Gasteiger partial charge < -0.3 is 15.2 Å². The number of fused-ring (bicyclic) bond motifs is 1. The minimum absolute atomic E-state index is 0.0444. The molecule has 0 aliphatic heterocycles. The Morgan fingerprint density at radius 1 is 1.25 bits per heavy atom. The van der Waals surface area contributed by atoms with Crippen molar-refractivity contribution in [1.29, 1.82) is 0 Å². The minimum atomic E-state index is -1.07. The highest BCUT2D eigenvalue weighted by atomic mass is 16.4. The average molecular weight is 269 g/mol. The highest BCUT2D eigenvalue weighted by molar-refractivity contribution is 6.01. The number of hydrogen-bond donors (Lipinski definition) is 3. The molecule has 3 aromatic rings. The third kappa shape index (κ3) is 1.87. The zero-order valence-electron chi connectivity index (χ0n) is 10.6. The van der Waals surface area contributed by atoms with Crippen LogP contribution in [0, 0.1) is 6.92 Å². The minimum Gasteiger partial charge on any atom is -0.507 e. The molecule has 0 radical (unpaired) electrons. The molecule has 0 fully saturated rings. The summed E-state index contributed by atoms with van der Waals surface area (Å²) < 4.78 is 0. The van der Waals surface area contributed by atoms with E-state index in [1.165, 1.54) is 12.1 Å². The first-order valence-corrected chi connectivity index (χ1v) is 5.95. The second kappa shape index (κ2) is 4.34. The largest absolute Gasteiger partial charge is 0.507 e. The van der Waals surface area contributed by atoms with Crippen molar-refractivity contribution >= 4 is 17.1 Å². The number of nitrogens with zero attached hydrogens (tertiary/aromatic N) is 2. The maximum Gasteiger partial charge on any atom is 0.338 e. The maximum absolute atomic E-state index is 11.4. The quantitative estimate of drug-likeness (QED) is 0.663. The van der Waals surface area contributed by atoms with Gasteiger partial charge in [0.1, 0.15) is 11.6 Å². The van der Waals surface area contributed by atoms with Crippen molar-refractivity contribution in [2.24, 2.45) is 0 Å². The van der Waals surface area contributed by atoms with E-state index in [1.807, 2.05) is 0 Å². The predicted octanol–water partition coefficient (Wildman–Crippen LogP) is 2.34. The number of rotatable bonds is 2. The number of imidazole rings is 1. The molecule has 0 saturated carbocycles. The number of hydrogen-bond acceptors (Lipinski definition) is 4. The number of aromatic amines is 1. The van der Waals surface area contributed by atoms with Crippen LogP contribution in [0.4, 0.5) is 0 Å². The third-order valence-electron chi connectivity index (χ3n) is 2.99. The van der Waals surface area contributed by atoms with Crippen molar-refractivity contribution in [3.8, 4) is 17.0 Å². The Morgan fingerprint density at radius 2 is 2.00 bits per heavy atom. The second-order valence-corrected chi connectivity index (χ2v) is 4.40. The molecule has 6 heteroatoms. The van der Waals surface area contributed by atoms with Gasteiger partial charge in [0, 0.05) is 5.56 Å². The normalized spacial score (nSPS) is 10.8. The summed E-state index contributed by atoms with van der Waals surface area (Å²) in [6.45, 7) is 1.73. The van der Waals surface area contributed by atoms with Gasteiger partial charge in [-0.15, -0.1) is 0 Å². The SMILES string of the molecule is Cc1nc2nc(-c3ccccc3O)cc(C(=O)O)c2[nH]1. The molecule has 0 amide bonds. The molecule has 3 N–H and O–H groups in total. The van der Waals surface area contributed by atoms with Gasteiger partial charge in [0.25, 0.3) is 0 Å². The van der Waals surface area contributed by atoms with Crippen LogP contribution in [0.2, 0.25) is 0 Å². The number of aromatic carboxylic acids is 1. The number of carboxylic acid groups (broad SMARTS) is 1. The van der Waals surface area contributed by atoms with Crippen molar-refractivity contribution in [2.75, 3.05) is 0 Å². The number of phenols is 1. The lowest BCUT2D eigenvalue weighted by Crippen LogP contribution is -2.00. The number of phenolic OH excluding ortho intramolecular Hbond substituents is 1. The summed E-state index contributed by atoms with van der Waals surface area (Å²) in [7, 11) is 0. The molecule has 20 heavy (non-hydrogen) atoms. The second-order valence-electron chi connectivity index (χ2n) is 4.40. The van der Waals surface area contributed by atoms with Crippen molar-refractivity contribution in [1.82, 2.24) is 15.0 Å². The zero-order valence-corrected chi connectivity index (χ0v) is 10.6. The van der Waals surface area contributed by atoms with E-state index in [4.69, 9.17) is 0 Å². The molecule has 100 valence electrons.